The largest absolute Gasteiger partial charge is 0.502 e. The third kappa shape index (κ3) is 2.06. The van der Waals surface area contributed by atoms with Crippen LogP contribution in [0, 0.1) is 13.8 Å². The Kier molecular flexibility index (Phi) is 3.14. The Labute approximate surface area is 126 Å². The third-order valence-electron chi connectivity index (χ3n) is 3.42. The average molecular weight is 299 g/mol. The van der Waals surface area contributed by atoms with E-state index in [1.165, 1.54) is 11.3 Å². The van der Waals surface area contributed by atoms with Crippen LogP contribution in [0.4, 0.5) is 5.69 Å². The predicted molar refractivity (Wildman–Crippen MR) is 82.3 cm³/mol. The zero-order chi connectivity index (χ0) is 15.1. The minimum Gasteiger partial charge on any atom is -0.502 e. The van der Waals surface area contributed by atoms with Crippen molar-refractivity contribution in [3.05, 3.63) is 57.5 Å². The molecule has 0 spiro atoms. The molecule has 2 heterocycles. The van der Waals surface area contributed by atoms with Gasteiger partial charge in [0.1, 0.15) is 5.57 Å². The summed E-state index contributed by atoms with van der Waals surface area (Å²) in [6, 6.07) is 8.95. The second-order valence-electron chi connectivity index (χ2n) is 4.94. The molecule has 3 rings (SSSR count). The first-order chi connectivity index (χ1) is 10.0. The molecule has 106 valence electrons. The molecule has 2 aromatic rings. The standard InChI is InChI=1S/C16H13NO3S/c1-9-5-6-11(10(2)8-9)17-15(19)13(14(18)16(17)20)12-4-3-7-21-12/h3-8,18H,1-2H3. The summed E-state index contributed by atoms with van der Waals surface area (Å²) in [6.45, 7) is 3.78. The first kappa shape index (κ1) is 13.6. The number of aryl methyl sites for hydroxylation is 2. The highest BCUT2D eigenvalue weighted by Gasteiger charge is 2.41. The second kappa shape index (κ2) is 4.86. The van der Waals surface area contributed by atoms with Crippen LogP contribution in [-0.2, 0) is 9.59 Å². The number of anilines is 1. The minimum absolute atomic E-state index is 0.0787. The van der Waals surface area contributed by atoms with Crippen LogP contribution in [0.5, 0.6) is 0 Å². The maximum absolute atomic E-state index is 12.6. The molecule has 0 atom stereocenters. The number of amides is 2. The number of benzene rings is 1. The Morgan fingerprint density at radius 1 is 1.10 bits per heavy atom. The van der Waals surface area contributed by atoms with Crippen molar-refractivity contribution >= 4 is 34.4 Å². The van der Waals surface area contributed by atoms with Crippen LogP contribution in [0.2, 0.25) is 0 Å². The maximum Gasteiger partial charge on any atom is 0.301 e. The van der Waals surface area contributed by atoms with Crippen LogP contribution in [0.1, 0.15) is 16.0 Å². The van der Waals surface area contributed by atoms with Crippen LogP contribution in [-0.4, -0.2) is 16.9 Å². The quantitative estimate of drug-likeness (QED) is 0.866. The first-order valence-corrected chi connectivity index (χ1v) is 7.32. The van der Waals surface area contributed by atoms with Gasteiger partial charge in [0, 0.05) is 4.88 Å². The van der Waals surface area contributed by atoms with Crippen molar-refractivity contribution in [2.24, 2.45) is 0 Å². The molecule has 1 aromatic carbocycles. The van der Waals surface area contributed by atoms with E-state index in [1.807, 2.05) is 26.0 Å². The maximum atomic E-state index is 12.6. The number of nitrogens with zero attached hydrogens (tertiary/aromatic N) is 1. The van der Waals surface area contributed by atoms with Crippen molar-refractivity contribution in [3.63, 3.8) is 0 Å². The van der Waals surface area contributed by atoms with Gasteiger partial charge in [-0.15, -0.1) is 11.3 Å². The van der Waals surface area contributed by atoms with Crippen LogP contribution >= 0.6 is 11.3 Å². The molecule has 1 N–H and O–H groups in total. The number of imide groups is 1. The Bertz CT molecular complexity index is 775. The molecule has 5 heteroatoms. The SMILES string of the molecule is Cc1ccc(N2C(=O)C(O)=C(c3cccs3)C2=O)c(C)c1. The molecular weight excluding hydrogens is 286 g/mol. The van der Waals surface area contributed by atoms with Gasteiger partial charge in [0.15, 0.2) is 5.76 Å². The van der Waals surface area contributed by atoms with Gasteiger partial charge < -0.3 is 5.11 Å². The molecule has 0 saturated carbocycles. The van der Waals surface area contributed by atoms with Gasteiger partial charge in [0.25, 0.3) is 5.91 Å². The highest BCUT2D eigenvalue weighted by Crippen LogP contribution is 2.35. The average Bonchev–Trinajstić information content (AvgIpc) is 3.01. The number of hydrogen-bond acceptors (Lipinski definition) is 4. The van der Waals surface area contributed by atoms with Gasteiger partial charge in [-0.2, -0.15) is 0 Å². The monoisotopic (exact) mass is 299 g/mol. The summed E-state index contributed by atoms with van der Waals surface area (Å²) in [7, 11) is 0. The summed E-state index contributed by atoms with van der Waals surface area (Å²) in [4.78, 5) is 26.5. The number of aliphatic hydroxyl groups is 1. The fourth-order valence-electron chi connectivity index (χ4n) is 2.44. The van der Waals surface area contributed by atoms with E-state index in [0.29, 0.717) is 10.6 Å². The van der Waals surface area contributed by atoms with Crippen molar-refractivity contribution in [1.82, 2.24) is 0 Å². The van der Waals surface area contributed by atoms with Crippen molar-refractivity contribution in [3.8, 4) is 0 Å². The third-order valence-corrected chi connectivity index (χ3v) is 4.31. The molecule has 2 amide bonds. The Morgan fingerprint density at radius 2 is 1.86 bits per heavy atom. The fraction of sp³-hybridized carbons (Fsp3) is 0.125. The number of rotatable bonds is 2. The van der Waals surface area contributed by atoms with E-state index in [1.54, 1.807) is 23.6 Å². The van der Waals surface area contributed by atoms with Crippen molar-refractivity contribution < 1.29 is 14.7 Å². The lowest BCUT2D eigenvalue weighted by Crippen LogP contribution is -2.32. The number of hydrogen-bond donors (Lipinski definition) is 1. The number of carbonyl (C=O) groups is 2. The molecule has 0 aliphatic carbocycles. The Balaban J connectivity index is 2.08. The van der Waals surface area contributed by atoms with Crippen molar-refractivity contribution in [1.29, 1.82) is 0 Å². The normalized spacial score (nSPS) is 15.2. The Hall–Kier alpha value is -2.40. The number of aliphatic hydroxyl groups excluding tert-OH is 1. The number of thiophene rings is 1. The van der Waals surface area contributed by atoms with E-state index in [0.717, 1.165) is 16.0 Å². The molecule has 0 saturated heterocycles. The molecule has 1 aliphatic heterocycles. The molecule has 0 unspecified atom stereocenters. The lowest BCUT2D eigenvalue weighted by Gasteiger charge is -2.17. The van der Waals surface area contributed by atoms with Gasteiger partial charge in [-0.3, -0.25) is 9.59 Å². The Morgan fingerprint density at radius 3 is 2.48 bits per heavy atom. The van der Waals surface area contributed by atoms with E-state index in [9.17, 15) is 14.7 Å². The minimum atomic E-state index is -0.671. The molecule has 0 radical (unpaired) electrons. The van der Waals surface area contributed by atoms with Gasteiger partial charge in [-0.05, 0) is 36.9 Å². The van der Waals surface area contributed by atoms with Gasteiger partial charge in [0.2, 0.25) is 0 Å². The zero-order valence-electron chi connectivity index (χ0n) is 11.6. The predicted octanol–water partition coefficient (Wildman–Crippen LogP) is 3.21. The van der Waals surface area contributed by atoms with E-state index >= 15 is 0 Å². The summed E-state index contributed by atoms with van der Waals surface area (Å²) >= 11 is 1.32. The lowest BCUT2D eigenvalue weighted by molar-refractivity contribution is -0.121. The summed E-state index contributed by atoms with van der Waals surface area (Å²) in [5.41, 5.74) is 2.45. The topological polar surface area (TPSA) is 57.6 Å². The highest BCUT2D eigenvalue weighted by atomic mass is 32.1. The lowest BCUT2D eigenvalue weighted by atomic mass is 10.1. The smallest absolute Gasteiger partial charge is 0.301 e. The fourth-order valence-corrected chi connectivity index (χ4v) is 3.20. The molecule has 0 fully saturated rings. The van der Waals surface area contributed by atoms with Gasteiger partial charge in [0.05, 0.1) is 5.69 Å². The van der Waals surface area contributed by atoms with Gasteiger partial charge in [-0.1, -0.05) is 23.8 Å². The molecule has 1 aromatic heterocycles. The first-order valence-electron chi connectivity index (χ1n) is 6.44. The highest BCUT2D eigenvalue weighted by molar-refractivity contribution is 7.11. The molecule has 21 heavy (non-hydrogen) atoms. The van der Waals surface area contributed by atoms with E-state index < -0.39 is 17.6 Å². The second-order valence-corrected chi connectivity index (χ2v) is 5.88. The summed E-state index contributed by atoms with van der Waals surface area (Å²) in [5, 5.41) is 11.8. The number of carbonyl (C=O) groups excluding carboxylic acids is 2. The zero-order valence-corrected chi connectivity index (χ0v) is 12.4. The van der Waals surface area contributed by atoms with Crippen LogP contribution in [0.25, 0.3) is 5.57 Å². The van der Waals surface area contributed by atoms with Crippen LogP contribution in [0.3, 0.4) is 0 Å². The molecule has 4 nitrogen and oxygen atoms in total. The van der Waals surface area contributed by atoms with Crippen LogP contribution in [0.15, 0.2) is 41.5 Å². The summed E-state index contributed by atoms with van der Waals surface area (Å²) in [6.07, 6.45) is 0. The van der Waals surface area contributed by atoms with E-state index in [2.05, 4.69) is 0 Å². The molecular formula is C16H13NO3S. The van der Waals surface area contributed by atoms with Gasteiger partial charge >= 0.3 is 5.91 Å². The van der Waals surface area contributed by atoms with Crippen molar-refractivity contribution in [2.75, 3.05) is 4.90 Å². The molecule has 0 bridgehead atoms. The van der Waals surface area contributed by atoms with Crippen molar-refractivity contribution in [2.45, 2.75) is 13.8 Å². The van der Waals surface area contributed by atoms with E-state index in [4.69, 9.17) is 0 Å². The summed E-state index contributed by atoms with van der Waals surface area (Å²) in [5.74, 6) is -1.63. The van der Waals surface area contributed by atoms with Crippen LogP contribution < -0.4 is 4.90 Å². The van der Waals surface area contributed by atoms with E-state index in [-0.39, 0.29) is 5.57 Å². The molecule has 1 aliphatic rings. The van der Waals surface area contributed by atoms with Gasteiger partial charge in [-0.25, -0.2) is 4.90 Å². The summed E-state index contributed by atoms with van der Waals surface area (Å²) < 4.78 is 0.